The summed E-state index contributed by atoms with van der Waals surface area (Å²) in [6, 6.07) is 5.76. The highest BCUT2D eigenvalue weighted by atomic mass is 16.2. The molecular formula is C15H19NO2. The molecule has 0 radical (unpaired) electrons. The van der Waals surface area contributed by atoms with Gasteiger partial charge in [0.1, 0.15) is 0 Å². The number of aliphatic hydroxyl groups excluding tert-OH is 1. The summed E-state index contributed by atoms with van der Waals surface area (Å²) in [4.78, 5) is 11.6. The molecular weight excluding hydrogens is 226 g/mol. The Kier molecular flexibility index (Phi) is 5.96. The molecule has 0 unspecified atom stereocenters. The standard InChI is InChI=1S/C15H19NO2/c1-3-6-15(18)16-14-11-12(2)8-9-13(14)7-4-5-10-17/h8-9,11,17H,3,5-6,10H2,1-2H3,(H,16,18). The molecule has 96 valence electrons. The summed E-state index contributed by atoms with van der Waals surface area (Å²) in [5.74, 6) is 5.84. The SMILES string of the molecule is CCCC(=O)Nc1cc(C)ccc1C#CCCO. The lowest BCUT2D eigenvalue weighted by Crippen LogP contribution is -2.11. The van der Waals surface area contributed by atoms with Crippen LogP contribution in [-0.2, 0) is 4.79 Å². The van der Waals surface area contributed by atoms with Crippen molar-refractivity contribution in [3.05, 3.63) is 29.3 Å². The number of hydrogen-bond acceptors (Lipinski definition) is 2. The smallest absolute Gasteiger partial charge is 0.224 e. The van der Waals surface area contributed by atoms with Crippen LogP contribution in [0.15, 0.2) is 18.2 Å². The van der Waals surface area contributed by atoms with Crippen molar-refractivity contribution in [2.75, 3.05) is 11.9 Å². The van der Waals surface area contributed by atoms with Gasteiger partial charge in [-0.1, -0.05) is 24.8 Å². The third-order valence-corrected chi connectivity index (χ3v) is 2.39. The zero-order chi connectivity index (χ0) is 13.4. The Balaban J connectivity index is 2.90. The third-order valence-electron chi connectivity index (χ3n) is 2.39. The van der Waals surface area contributed by atoms with E-state index < -0.39 is 0 Å². The van der Waals surface area contributed by atoms with E-state index in [0.717, 1.165) is 23.2 Å². The second-order valence-corrected chi connectivity index (χ2v) is 4.12. The van der Waals surface area contributed by atoms with Gasteiger partial charge in [0.2, 0.25) is 5.91 Å². The Morgan fingerprint density at radius 3 is 2.89 bits per heavy atom. The fraction of sp³-hybridized carbons (Fsp3) is 0.400. The van der Waals surface area contributed by atoms with Crippen molar-refractivity contribution in [1.82, 2.24) is 0 Å². The number of aliphatic hydroxyl groups is 1. The molecule has 18 heavy (non-hydrogen) atoms. The van der Waals surface area contributed by atoms with Gasteiger partial charge in [0.15, 0.2) is 0 Å². The van der Waals surface area contributed by atoms with Crippen molar-refractivity contribution in [3.8, 4) is 11.8 Å². The molecule has 0 aliphatic carbocycles. The first-order chi connectivity index (χ1) is 8.67. The first-order valence-corrected chi connectivity index (χ1v) is 6.17. The summed E-state index contributed by atoms with van der Waals surface area (Å²) >= 11 is 0. The highest BCUT2D eigenvalue weighted by molar-refractivity contribution is 5.92. The molecule has 0 aliphatic heterocycles. The van der Waals surface area contributed by atoms with E-state index in [0.29, 0.717) is 12.8 Å². The lowest BCUT2D eigenvalue weighted by atomic mass is 10.1. The van der Waals surface area contributed by atoms with Gasteiger partial charge in [0.05, 0.1) is 12.3 Å². The van der Waals surface area contributed by atoms with E-state index in [9.17, 15) is 4.79 Å². The Bertz CT molecular complexity index is 469. The van der Waals surface area contributed by atoms with Crippen LogP contribution in [0.3, 0.4) is 0 Å². The molecule has 0 saturated heterocycles. The lowest BCUT2D eigenvalue weighted by molar-refractivity contribution is -0.116. The van der Waals surface area contributed by atoms with E-state index in [1.807, 2.05) is 32.0 Å². The monoisotopic (exact) mass is 245 g/mol. The molecule has 0 aliphatic rings. The predicted octanol–water partition coefficient (Wildman–Crippen LogP) is 2.47. The number of carbonyl (C=O) groups is 1. The molecule has 0 bridgehead atoms. The molecule has 3 heteroatoms. The van der Waals surface area contributed by atoms with Crippen LogP contribution in [0.1, 0.15) is 37.3 Å². The van der Waals surface area contributed by atoms with Gasteiger partial charge in [-0.15, -0.1) is 0 Å². The fourth-order valence-electron chi connectivity index (χ4n) is 1.52. The van der Waals surface area contributed by atoms with Crippen molar-refractivity contribution in [1.29, 1.82) is 0 Å². The Hall–Kier alpha value is -1.79. The van der Waals surface area contributed by atoms with Gasteiger partial charge in [-0.25, -0.2) is 0 Å². The summed E-state index contributed by atoms with van der Waals surface area (Å²) in [5.41, 5.74) is 2.62. The Labute approximate surface area is 108 Å². The maximum Gasteiger partial charge on any atom is 0.224 e. The van der Waals surface area contributed by atoms with Gasteiger partial charge >= 0.3 is 0 Å². The average molecular weight is 245 g/mol. The molecule has 1 rings (SSSR count). The Morgan fingerprint density at radius 1 is 1.44 bits per heavy atom. The van der Waals surface area contributed by atoms with Crippen molar-refractivity contribution < 1.29 is 9.90 Å². The number of rotatable bonds is 4. The van der Waals surface area contributed by atoms with Crippen LogP contribution < -0.4 is 5.32 Å². The number of carbonyl (C=O) groups excluding carboxylic acids is 1. The van der Waals surface area contributed by atoms with E-state index in [1.54, 1.807) is 0 Å². The number of benzene rings is 1. The van der Waals surface area contributed by atoms with Gasteiger partial charge in [-0.2, -0.15) is 0 Å². The molecule has 1 amide bonds. The first-order valence-electron chi connectivity index (χ1n) is 6.17. The molecule has 0 saturated carbocycles. The molecule has 0 fully saturated rings. The molecule has 2 N–H and O–H groups in total. The minimum Gasteiger partial charge on any atom is -0.395 e. The van der Waals surface area contributed by atoms with E-state index in [2.05, 4.69) is 17.2 Å². The second-order valence-electron chi connectivity index (χ2n) is 4.12. The van der Waals surface area contributed by atoms with E-state index >= 15 is 0 Å². The molecule has 0 heterocycles. The number of hydrogen-bond donors (Lipinski definition) is 2. The van der Waals surface area contributed by atoms with Crippen molar-refractivity contribution >= 4 is 11.6 Å². The molecule has 0 aromatic heterocycles. The number of anilines is 1. The highest BCUT2D eigenvalue weighted by Crippen LogP contribution is 2.17. The van der Waals surface area contributed by atoms with Gasteiger partial charge in [0.25, 0.3) is 0 Å². The van der Waals surface area contributed by atoms with Crippen LogP contribution in [0.5, 0.6) is 0 Å². The summed E-state index contributed by atoms with van der Waals surface area (Å²) in [7, 11) is 0. The summed E-state index contributed by atoms with van der Waals surface area (Å²) in [6.07, 6.45) is 1.77. The van der Waals surface area contributed by atoms with Crippen molar-refractivity contribution in [2.24, 2.45) is 0 Å². The second kappa shape index (κ2) is 7.52. The van der Waals surface area contributed by atoms with Gasteiger partial charge in [0, 0.05) is 18.4 Å². The van der Waals surface area contributed by atoms with Crippen LogP contribution in [0.2, 0.25) is 0 Å². The molecule has 0 atom stereocenters. The normalized spacial score (nSPS) is 9.50. The van der Waals surface area contributed by atoms with E-state index in [4.69, 9.17) is 5.11 Å². The van der Waals surface area contributed by atoms with Gasteiger partial charge in [-0.3, -0.25) is 4.79 Å². The quantitative estimate of drug-likeness (QED) is 0.801. The lowest BCUT2D eigenvalue weighted by Gasteiger charge is -2.08. The van der Waals surface area contributed by atoms with Crippen LogP contribution in [0.25, 0.3) is 0 Å². The Morgan fingerprint density at radius 2 is 2.22 bits per heavy atom. The minimum absolute atomic E-state index is 0.00769. The van der Waals surface area contributed by atoms with Gasteiger partial charge in [-0.05, 0) is 31.0 Å². The van der Waals surface area contributed by atoms with Crippen LogP contribution >= 0.6 is 0 Å². The molecule has 0 spiro atoms. The first kappa shape index (κ1) is 14.3. The molecule has 1 aromatic carbocycles. The van der Waals surface area contributed by atoms with Crippen LogP contribution in [0.4, 0.5) is 5.69 Å². The van der Waals surface area contributed by atoms with Gasteiger partial charge < -0.3 is 10.4 Å². The minimum atomic E-state index is 0.00769. The highest BCUT2D eigenvalue weighted by Gasteiger charge is 2.05. The summed E-state index contributed by atoms with van der Waals surface area (Å²) < 4.78 is 0. The van der Waals surface area contributed by atoms with Crippen molar-refractivity contribution in [2.45, 2.75) is 33.1 Å². The maximum absolute atomic E-state index is 11.6. The van der Waals surface area contributed by atoms with E-state index in [-0.39, 0.29) is 12.5 Å². The van der Waals surface area contributed by atoms with Crippen LogP contribution in [-0.4, -0.2) is 17.6 Å². The van der Waals surface area contributed by atoms with Crippen molar-refractivity contribution in [3.63, 3.8) is 0 Å². The average Bonchev–Trinajstić information content (AvgIpc) is 2.32. The largest absolute Gasteiger partial charge is 0.395 e. The summed E-state index contributed by atoms with van der Waals surface area (Å²) in [6.45, 7) is 3.99. The number of aryl methyl sites for hydroxylation is 1. The maximum atomic E-state index is 11.6. The number of amides is 1. The summed E-state index contributed by atoms with van der Waals surface area (Å²) in [5, 5.41) is 11.6. The number of nitrogens with one attached hydrogen (secondary N) is 1. The third kappa shape index (κ3) is 4.60. The zero-order valence-electron chi connectivity index (χ0n) is 10.9. The molecule has 3 nitrogen and oxygen atoms in total. The van der Waals surface area contributed by atoms with Crippen LogP contribution in [0, 0.1) is 18.8 Å². The fourth-order valence-corrected chi connectivity index (χ4v) is 1.52. The van der Waals surface area contributed by atoms with E-state index in [1.165, 1.54) is 0 Å². The topological polar surface area (TPSA) is 49.3 Å². The zero-order valence-corrected chi connectivity index (χ0v) is 10.9. The molecule has 1 aromatic rings. The predicted molar refractivity (Wildman–Crippen MR) is 73.3 cm³/mol.